The van der Waals surface area contributed by atoms with Gasteiger partial charge in [0.1, 0.15) is 6.04 Å². The lowest BCUT2D eigenvalue weighted by atomic mass is 10.1. The van der Waals surface area contributed by atoms with Crippen LogP contribution in [0.1, 0.15) is 30.0 Å². The van der Waals surface area contributed by atoms with E-state index in [0.717, 1.165) is 22.6 Å². The predicted molar refractivity (Wildman–Crippen MR) is 104 cm³/mol. The average Bonchev–Trinajstić information content (AvgIpc) is 2.91. The quantitative estimate of drug-likeness (QED) is 0.691. The molecule has 0 N–H and O–H groups in total. The van der Waals surface area contributed by atoms with E-state index in [1.165, 1.54) is 12.1 Å². The van der Waals surface area contributed by atoms with Crippen molar-refractivity contribution < 1.29 is 18.0 Å². The van der Waals surface area contributed by atoms with Crippen LogP contribution in [0.5, 0.6) is 0 Å². The molecule has 1 atom stereocenters. The van der Waals surface area contributed by atoms with E-state index < -0.39 is 29.3 Å². The number of nitriles is 1. The van der Waals surface area contributed by atoms with Gasteiger partial charge in [0.2, 0.25) is 0 Å². The van der Waals surface area contributed by atoms with Crippen molar-refractivity contribution >= 4 is 34.6 Å². The molecule has 0 spiro atoms. The van der Waals surface area contributed by atoms with Crippen molar-refractivity contribution in [3.8, 4) is 6.07 Å². The third kappa shape index (κ3) is 3.34. The second-order valence-corrected chi connectivity index (χ2v) is 6.79. The molecular formula is C20H16F3N3OS. The van der Waals surface area contributed by atoms with Gasteiger partial charge in [-0.3, -0.25) is 9.69 Å². The van der Waals surface area contributed by atoms with Gasteiger partial charge in [-0.2, -0.15) is 18.4 Å². The van der Waals surface area contributed by atoms with Gasteiger partial charge in [0.15, 0.2) is 5.11 Å². The zero-order chi connectivity index (χ0) is 20.6. The summed E-state index contributed by atoms with van der Waals surface area (Å²) in [4.78, 5) is 15.7. The summed E-state index contributed by atoms with van der Waals surface area (Å²) in [6.45, 7) is 3.74. The molecule has 1 aliphatic heterocycles. The van der Waals surface area contributed by atoms with E-state index in [-0.39, 0.29) is 10.8 Å². The second kappa shape index (κ2) is 7.24. The van der Waals surface area contributed by atoms with Crippen molar-refractivity contribution in [2.24, 2.45) is 0 Å². The van der Waals surface area contributed by atoms with Gasteiger partial charge in [-0.1, -0.05) is 24.6 Å². The lowest BCUT2D eigenvalue weighted by Crippen LogP contribution is -2.34. The van der Waals surface area contributed by atoms with Crippen LogP contribution in [0.4, 0.5) is 24.5 Å². The Morgan fingerprint density at radius 1 is 1.14 bits per heavy atom. The van der Waals surface area contributed by atoms with Gasteiger partial charge >= 0.3 is 6.18 Å². The monoisotopic (exact) mass is 403 g/mol. The van der Waals surface area contributed by atoms with E-state index in [1.54, 1.807) is 4.90 Å². The highest BCUT2D eigenvalue weighted by atomic mass is 32.1. The van der Waals surface area contributed by atoms with Crippen LogP contribution in [0.2, 0.25) is 0 Å². The van der Waals surface area contributed by atoms with E-state index >= 15 is 0 Å². The molecule has 144 valence electrons. The molecule has 3 rings (SSSR count). The first-order valence-corrected chi connectivity index (χ1v) is 8.95. The van der Waals surface area contributed by atoms with Gasteiger partial charge in [-0.05, 0) is 55.9 Å². The Kier molecular flexibility index (Phi) is 5.13. The second-order valence-electron chi connectivity index (χ2n) is 6.43. The maximum atomic E-state index is 13.3. The van der Waals surface area contributed by atoms with Crippen molar-refractivity contribution in [1.82, 2.24) is 0 Å². The summed E-state index contributed by atoms with van der Waals surface area (Å²) in [5.74, 6) is -0.397. The van der Waals surface area contributed by atoms with Crippen LogP contribution < -0.4 is 9.80 Å². The fraction of sp³-hybridized carbons (Fsp3) is 0.250. The van der Waals surface area contributed by atoms with E-state index in [0.29, 0.717) is 12.1 Å². The Morgan fingerprint density at radius 2 is 1.75 bits per heavy atom. The fourth-order valence-corrected chi connectivity index (χ4v) is 3.62. The zero-order valence-electron chi connectivity index (χ0n) is 15.1. The lowest BCUT2D eigenvalue weighted by molar-refractivity contribution is -0.137. The summed E-state index contributed by atoms with van der Waals surface area (Å²) < 4.78 is 40.0. The first-order chi connectivity index (χ1) is 13.2. The van der Waals surface area contributed by atoms with E-state index in [2.05, 4.69) is 0 Å². The van der Waals surface area contributed by atoms with Gasteiger partial charge < -0.3 is 4.90 Å². The summed E-state index contributed by atoms with van der Waals surface area (Å²) in [5.41, 5.74) is 0.130. The minimum atomic E-state index is -4.72. The highest BCUT2D eigenvalue weighted by Gasteiger charge is 2.44. The molecule has 1 heterocycles. The van der Waals surface area contributed by atoms with Gasteiger partial charge in [0, 0.05) is 5.69 Å². The van der Waals surface area contributed by atoms with Crippen molar-refractivity contribution in [2.75, 3.05) is 9.80 Å². The maximum absolute atomic E-state index is 13.3. The summed E-state index contributed by atoms with van der Waals surface area (Å²) >= 11 is 5.46. The summed E-state index contributed by atoms with van der Waals surface area (Å²) in [6, 6.07) is 11.5. The molecule has 0 saturated carbocycles. The first-order valence-electron chi connectivity index (χ1n) is 8.54. The van der Waals surface area contributed by atoms with Gasteiger partial charge in [-0.25, -0.2) is 0 Å². The molecule has 28 heavy (non-hydrogen) atoms. The highest BCUT2D eigenvalue weighted by Crippen LogP contribution is 2.37. The fourth-order valence-electron chi connectivity index (χ4n) is 3.19. The number of amides is 1. The third-order valence-corrected chi connectivity index (χ3v) is 4.98. The molecule has 1 aliphatic rings. The summed E-state index contributed by atoms with van der Waals surface area (Å²) in [7, 11) is 0. The molecule has 2 aromatic rings. The van der Waals surface area contributed by atoms with Crippen LogP contribution >= 0.6 is 12.2 Å². The van der Waals surface area contributed by atoms with Crippen LogP contribution in [0.25, 0.3) is 0 Å². The average molecular weight is 403 g/mol. The van der Waals surface area contributed by atoms with E-state index in [1.807, 2.05) is 38.1 Å². The topological polar surface area (TPSA) is 47.3 Å². The number of carbonyl (C=O) groups excluding carboxylic acids is 1. The van der Waals surface area contributed by atoms with Gasteiger partial charge in [0.05, 0.1) is 22.9 Å². The van der Waals surface area contributed by atoms with Crippen LogP contribution in [-0.2, 0) is 11.0 Å². The molecule has 1 amide bonds. The largest absolute Gasteiger partial charge is 0.417 e. The molecule has 1 unspecified atom stereocenters. The van der Waals surface area contributed by atoms with Crippen LogP contribution in [-0.4, -0.2) is 17.1 Å². The number of hydrogen-bond donors (Lipinski definition) is 0. The molecule has 1 saturated heterocycles. The van der Waals surface area contributed by atoms with Crippen LogP contribution in [0, 0.1) is 18.3 Å². The third-order valence-electron chi connectivity index (χ3n) is 4.60. The first kappa shape index (κ1) is 19.8. The van der Waals surface area contributed by atoms with Crippen LogP contribution in [0.15, 0.2) is 42.5 Å². The number of rotatable bonds is 3. The molecule has 2 aromatic carbocycles. The Bertz CT molecular complexity index is 980. The number of benzene rings is 2. The number of hydrogen-bond acceptors (Lipinski definition) is 3. The molecule has 0 aliphatic carbocycles. The van der Waals surface area contributed by atoms with E-state index in [4.69, 9.17) is 17.5 Å². The number of alkyl halides is 3. The van der Waals surface area contributed by atoms with Crippen molar-refractivity contribution in [2.45, 2.75) is 32.5 Å². The maximum Gasteiger partial charge on any atom is 0.417 e. The van der Waals surface area contributed by atoms with Crippen molar-refractivity contribution in [1.29, 1.82) is 5.26 Å². The predicted octanol–water partition coefficient (Wildman–Crippen LogP) is 4.80. The molecule has 0 bridgehead atoms. The number of thiocarbonyl (C=S) groups is 1. The molecule has 1 fully saturated rings. The van der Waals surface area contributed by atoms with Crippen molar-refractivity contribution in [3.05, 3.63) is 59.2 Å². The summed E-state index contributed by atoms with van der Waals surface area (Å²) in [6.07, 6.45) is -4.28. The van der Waals surface area contributed by atoms with Gasteiger partial charge in [-0.15, -0.1) is 0 Å². The highest BCUT2D eigenvalue weighted by molar-refractivity contribution is 7.81. The molecule has 0 radical (unpaired) electrons. The number of aryl methyl sites for hydroxylation is 1. The normalized spacial score (nSPS) is 17.2. The smallest absolute Gasteiger partial charge is 0.306 e. The lowest BCUT2D eigenvalue weighted by Gasteiger charge is -2.24. The standard InChI is InChI=1S/C20H16F3N3OS/c1-3-17-18(27)26(19(28)25(17)14-7-4-12(2)5-8-14)15-9-6-13(11-24)16(10-15)20(21,22)23/h4-10,17H,3H2,1-2H3. The Morgan fingerprint density at radius 3 is 2.29 bits per heavy atom. The molecule has 8 heteroatoms. The van der Waals surface area contributed by atoms with E-state index in [9.17, 15) is 18.0 Å². The Balaban J connectivity index is 2.08. The van der Waals surface area contributed by atoms with Gasteiger partial charge in [0.25, 0.3) is 5.91 Å². The number of halogens is 3. The Labute approximate surface area is 165 Å². The number of carbonyl (C=O) groups is 1. The zero-order valence-corrected chi connectivity index (χ0v) is 15.9. The SMILES string of the molecule is CCC1C(=O)N(c2ccc(C#N)c(C(F)(F)F)c2)C(=S)N1c1ccc(C)cc1. The van der Waals surface area contributed by atoms with Crippen LogP contribution in [0.3, 0.4) is 0 Å². The minimum Gasteiger partial charge on any atom is -0.306 e. The summed E-state index contributed by atoms with van der Waals surface area (Å²) in [5, 5.41) is 9.08. The Hall–Kier alpha value is -2.92. The molecule has 4 nitrogen and oxygen atoms in total. The molecular weight excluding hydrogens is 387 g/mol. The number of nitrogens with zero attached hydrogens (tertiary/aromatic N) is 3. The minimum absolute atomic E-state index is 0.00520. The van der Waals surface area contributed by atoms with Crippen molar-refractivity contribution in [3.63, 3.8) is 0 Å². The number of anilines is 2. The molecule has 0 aromatic heterocycles.